The van der Waals surface area contributed by atoms with E-state index in [0.29, 0.717) is 12.2 Å². The van der Waals surface area contributed by atoms with Crippen molar-refractivity contribution in [3.8, 4) is 0 Å². The predicted octanol–water partition coefficient (Wildman–Crippen LogP) is 3.82. The standard InChI is InChI=1S/C21H26BN3O2/c1-12-8-15(9-13(2)19(12)24-18(26)11-21(3,4)5)23-20-16-7-6-14(22)10-17(16)27-25-20/h6-10H,11,22H2,1-5H3,(H,23,25)(H,24,26). The van der Waals surface area contributed by atoms with E-state index < -0.39 is 0 Å². The molecule has 0 unspecified atom stereocenters. The maximum absolute atomic E-state index is 12.3. The molecule has 0 saturated heterocycles. The van der Waals surface area contributed by atoms with Crippen LogP contribution in [0.4, 0.5) is 17.2 Å². The van der Waals surface area contributed by atoms with Gasteiger partial charge in [0.15, 0.2) is 11.4 Å². The molecule has 1 aromatic heterocycles. The van der Waals surface area contributed by atoms with E-state index in [4.69, 9.17) is 4.52 Å². The van der Waals surface area contributed by atoms with Crippen molar-refractivity contribution in [1.29, 1.82) is 0 Å². The Morgan fingerprint density at radius 1 is 1.15 bits per heavy atom. The second-order valence-electron chi connectivity index (χ2n) is 8.43. The van der Waals surface area contributed by atoms with Gasteiger partial charge in [0.05, 0.1) is 5.39 Å². The molecule has 0 bridgehead atoms. The third-order valence-electron chi connectivity index (χ3n) is 4.38. The summed E-state index contributed by atoms with van der Waals surface area (Å²) >= 11 is 0. The van der Waals surface area contributed by atoms with Crippen LogP contribution >= 0.6 is 0 Å². The fraction of sp³-hybridized carbons (Fsp3) is 0.333. The van der Waals surface area contributed by atoms with Gasteiger partial charge in [-0.15, -0.1) is 0 Å². The lowest BCUT2D eigenvalue weighted by Crippen LogP contribution is -2.20. The van der Waals surface area contributed by atoms with Gasteiger partial charge in [-0.2, -0.15) is 0 Å². The van der Waals surface area contributed by atoms with Gasteiger partial charge >= 0.3 is 0 Å². The molecule has 6 heteroatoms. The van der Waals surface area contributed by atoms with Crippen LogP contribution in [0.5, 0.6) is 0 Å². The highest BCUT2D eigenvalue weighted by atomic mass is 16.5. The van der Waals surface area contributed by atoms with Crippen LogP contribution in [0.15, 0.2) is 34.9 Å². The molecule has 2 N–H and O–H groups in total. The number of anilines is 3. The second-order valence-corrected chi connectivity index (χ2v) is 8.43. The molecule has 0 aliphatic heterocycles. The molecule has 3 rings (SSSR count). The summed E-state index contributed by atoms with van der Waals surface area (Å²) in [6, 6.07) is 10.0. The molecular formula is C21H26BN3O2. The number of aryl methyl sites for hydroxylation is 2. The minimum Gasteiger partial charge on any atom is -0.354 e. The summed E-state index contributed by atoms with van der Waals surface area (Å²) in [5.41, 5.74) is 5.64. The molecule has 0 radical (unpaired) electrons. The fourth-order valence-electron chi connectivity index (χ4n) is 3.17. The lowest BCUT2D eigenvalue weighted by Gasteiger charge is -2.19. The number of nitrogens with zero attached hydrogens (tertiary/aromatic N) is 1. The Morgan fingerprint density at radius 2 is 1.81 bits per heavy atom. The number of amides is 1. The molecule has 0 spiro atoms. The third-order valence-corrected chi connectivity index (χ3v) is 4.38. The summed E-state index contributed by atoms with van der Waals surface area (Å²) in [6.45, 7) is 10.2. The minimum atomic E-state index is -0.0419. The van der Waals surface area contributed by atoms with Crippen molar-refractivity contribution >= 4 is 47.4 Å². The highest BCUT2D eigenvalue weighted by Crippen LogP contribution is 2.30. The first-order chi connectivity index (χ1) is 12.6. The Labute approximate surface area is 160 Å². The van der Waals surface area contributed by atoms with E-state index in [1.54, 1.807) is 0 Å². The van der Waals surface area contributed by atoms with Gasteiger partial charge in [0.25, 0.3) is 0 Å². The van der Waals surface area contributed by atoms with Crippen LogP contribution in [0.3, 0.4) is 0 Å². The van der Waals surface area contributed by atoms with E-state index in [9.17, 15) is 4.79 Å². The number of benzene rings is 2. The van der Waals surface area contributed by atoms with Crippen molar-refractivity contribution in [3.05, 3.63) is 41.5 Å². The van der Waals surface area contributed by atoms with Gasteiger partial charge in [-0.25, -0.2) is 0 Å². The quantitative estimate of drug-likeness (QED) is 0.692. The molecule has 0 aliphatic rings. The van der Waals surface area contributed by atoms with Gasteiger partial charge in [0.1, 0.15) is 7.85 Å². The first kappa shape index (κ1) is 19.0. The predicted molar refractivity (Wildman–Crippen MR) is 114 cm³/mol. The number of carbonyl (C=O) groups is 1. The average molecular weight is 363 g/mol. The maximum Gasteiger partial charge on any atom is 0.224 e. The smallest absolute Gasteiger partial charge is 0.224 e. The van der Waals surface area contributed by atoms with E-state index >= 15 is 0 Å². The summed E-state index contributed by atoms with van der Waals surface area (Å²) in [5, 5.41) is 11.5. The van der Waals surface area contributed by atoms with Gasteiger partial charge in [0, 0.05) is 17.8 Å². The van der Waals surface area contributed by atoms with Gasteiger partial charge in [-0.1, -0.05) is 37.5 Å². The molecule has 2 aromatic carbocycles. The summed E-state index contributed by atoms with van der Waals surface area (Å²) in [4.78, 5) is 12.3. The van der Waals surface area contributed by atoms with E-state index in [2.05, 4.69) is 36.6 Å². The zero-order valence-corrected chi connectivity index (χ0v) is 16.9. The SMILES string of the molecule is Bc1ccc2c(Nc3cc(C)c(NC(=O)CC(C)(C)C)c(C)c3)noc2c1. The summed E-state index contributed by atoms with van der Waals surface area (Å²) in [5.74, 6) is 0.723. The summed E-state index contributed by atoms with van der Waals surface area (Å²) in [6.07, 6.45) is 0.482. The zero-order valence-electron chi connectivity index (χ0n) is 16.9. The van der Waals surface area contributed by atoms with E-state index in [1.165, 1.54) is 0 Å². The minimum absolute atomic E-state index is 0.0345. The van der Waals surface area contributed by atoms with Crippen molar-refractivity contribution in [1.82, 2.24) is 5.16 Å². The number of carbonyl (C=O) groups excluding carboxylic acids is 1. The summed E-state index contributed by atoms with van der Waals surface area (Å²) < 4.78 is 5.42. The number of aromatic nitrogens is 1. The first-order valence-electron chi connectivity index (χ1n) is 9.16. The Morgan fingerprint density at radius 3 is 2.44 bits per heavy atom. The van der Waals surface area contributed by atoms with E-state index in [-0.39, 0.29) is 11.3 Å². The lowest BCUT2D eigenvalue weighted by molar-refractivity contribution is -0.117. The highest BCUT2D eigenvalue weighted by molar-refractivity contribution is 6.33. The third kappa shape index (κ3) is 4.51. The topological polar surface area (TPSA) is 67.2 Å². The van der Waals surface area contributed by atoms with Crippen molar-refractivity contribution in [2.45, 2.75) is 41.0 Å². The van der Waals surface area contributed by atoms with Crippen LogP contribution in [0, 0.1) is 19.3 Å². The first-order valence-corrected chi connectivity index (χ1v) is 9.16. The number of hydrogen-bond acceptors (Lipinski definition) is 4. The summed E-state index contributed by atoms with van der Waals surface area (Å²) in [7, 11) is 2.02. The zero-order chi connectivity index (χ0) is 19.8. The van der Waals surface area contributed by atoms with Crippen LogP contribution < -0.4 is 16.1 Å². The maximum atomic E-state index is 12.3. The van der Waals surface area contributed by atoms with E-state index in [0.717, 1.165) is 38.9 Å². The van der Waals surface area contributed by atoms with Crippen molar-refractivity contribution < 1.29 is 9.32 Å². The molecule has 0 saturated carbocycles. The molecule has 3 aromatic rings. The average Bonchev–Trinajstić information content (AvgIpc) is 2.91. The molecule has 140 valence electrons. The van der Waals surface area contributed by atoms with Gasteiger partial charge in [0.2, 0.25) is 5.91 Å². The highest BCUT2D eigenvalue weighted by Gasteiger charge is 2.18. The number of rotatable bonds is 4. The molecule has 0 fully saturated rings. The molecule has 1 heterocycles. The number of fused-ring (bicyclic) bond motifs is 1. The second kappa shape index (κ2) is 7.10. The van der Waals surface area contributed by atoms with Crippen LogP contribution in [0.2, 0.25) is 0 Å². The molecule has 0 atom stereocenters. The van der Waals surface area contributed by atoms with Crippen molar-refractivity contribution in [3.63, 3.8) is 0 Å². The van der Waals surface area contributed by atoms with Crippen molar-refractivity contribution in [2.24, 2.45) is 5.41 Å². The van der Waals surface area contributed by atoms with Gasteiger partial charge in [-0.05, 0) is 54.7 Å². The number of hydrogen-bond donors (Lipinski definition) is 2. The van der Waals surface area contributed by atoms with E-state index in [1.807, 2.05) is 52.0 Å². The van der Waals surface area contributed by atoms with Crippen LogP contribution in [-0.4, -0.2) is 18.9 Å². The Hall–Kier alpha value is -2.76. The number of nitrogens with one attached hydrogen (secondary N) is 2. The monoisotopic (exact) mass is 363 g/mol. The van der Waals surface area contributed by atoms with Gasteiger partial charge in [-0.3, -0.25) is 4.79 Å². The Bertz CT molecular complexity index is 979. The molecule has 0 aliphatic carbocycles. The molecule has 5 nitrogen and oxygen atoms in total. The van der Waals surface area contributed by atoms with Crippen LogP contribution in [-0.2, 0) is 4.79 Å². The fourth-order valence-corrected chi connectivity index (χ4v) is 3.17. The van der Waals surface area contributed by atoms with Crippen LogP contribution in [0.1, 0.15) is 38.3 Å². The Kier molecular flexibility index (Phi) is 5.00. The van der Waals surface area contributed by atoms with Crippen LogP contribution in [0.25, 0.3) is 11.0 Å². The lowest BCUT2D eigenvalue weighted by atomic mass is 9.92. The largest absolute Gasteiger partial charge is 0.354 e. The Balaban J connectivity index is 1.83. The molecule has 27 heavy (non-hydrogen) atoms. The van der Waals surface area contributed by atoms with Gasteiger partial charge < -0.3 is 15.2 Å². The normalized spacial score (nSPS) is 11.6. The molecular weight excluding hydrogens is 337 g/mol. The van der Waals surface area contributed by atoms with Crippen molar-refractivity contribution in [2.75, 3.05) is 10.6 Å². The molecule has 1 amide bonds.